The summed E-state index contributed by atoms with van der Waals surface area (Å²) in [7, 11) is 0. The van der Waals surface area contributed by atoms with E-state index >= 15 is 0 Å². The summed E-state index contributed by atoms with van der Waals surface area (Å²) >= 11 is 0. The van der Waals surface area contributed by atoms with E-state index in [1.165, 1.54) is 12.1 Å². The number of aromatic nitrogens is 2. The molecule has 2 aromatic rings. The van der Waals surface area contributed by atoms with E-state index < -0.39 is 0 Å². The van der Waals surface area contributed by atoms with Gasteiger partial charge in [0.25, 0.3) is 5.91 Å². The highest BCUT2D eigenvalue weighted by atomic mass is 19.1. The Kier molecular flexibility index (Phi) is 5.02. The van der Waals surface area contributed by atoms with E-state index in [9.17, 15) is 9.18 Å². The maximum atomic E-state index is 13.3. The van der Waals surface area contributed by atoms with Crippen LogP contribution in [0.5, 0.6) is 0 Å². The van der Waals surface area contributed by atoms with Gasteiger partial charge >= 0.3 is 0 Å². The molecular weight excluding hydrogens is 357 g/mol. The van der Waals surface area contributed by atoms with E-state index in [0.717, 1.165) is 55.0 Å². The zero-order valence-corrected chi connectivity index (χ0v) is 16.4. The molecular formula is C21H26FN5O. The molecule has 0 unspecified atom stereocenters. The summed E-state index contributed by atoms with van der Waals surface area (Å²) in [6.45, 7) is 5.92. The van der Waals surface area contributed by atoms with Crippen molar-refractivity contribution in [2.24, 2.45) is 5.73 Å². The molecule has 6 nitrogen and oxygen atoms in total. The van der Waals surface area contributed by atoms with Crippen LogP contribution in [0.3, 0.4) is 0 Å². The highest BCUT2D eigenvalue weighted by Crippen LogP contribution is 2.30. The first kappa shape index (κ1) is 18.8. The first-order chi connectivity index (χ1) is 13.4. The molecule has 2 heterocycles. The molecule has 2 fully saturated rings. The summed E-state index contributed by atoms with van der Waals surface area (Å²) in [5.74, 6) is 0.590. The summed E-state index contributed by atoms with van der Waals surface area (Å²) in [5, 5.41) is 0. The van der Waals surface area contributed by atoms with Crippen molar-refractivity contribution in [3.05, 3.63) is 52.7 Å². The van der Waals surface area contributed by atoms with Gasteiger partial charge in [-0.2, -0.15) is 0 Å². The Morgan fingerprint density at radius 2 is 1.93 bits per heavy atom. The van der Waals surface area contributed by atoms with E-state index in [-0.39, 0.29) is 29.6 Å². The van der Waals surface area contributed by atoms with Crippen LogP contribution in [-0.2, 0) is 6.54 Å². The molecule has 4 rings (SSSR count). The van der Waals surface area contributed by atoms with Gasteiger partial charge in [-0.3, -0.25) is 4.79 Å². The van der Waals surface area contributed by atoms with Crippen LogP contribution in [-0.4, -0.2) is 45.9 Å². The Labute approximate surface area is 164 Å². The van der Waals surface area contributed by atoms with Gasteiger partial charge in [0.1, 0.15) is 11.6 Å². The highest BCUT2D eigenvalue weighted by Gasteiger charge is 2.35. The third-order valence-electron chi connectivity index (χ3n) is 5.59. The fourth-order valence-corrected chi connectivity index (χ4v) is 3.66. The summed E-state index contributed by atoms with van der Waals surface area (Å²) in [5.41, 5.74) is 8.75. The van der Waals surface area contributed by atoms with Gasteiger partial charge in [0.05, 0.1) is 0 Å². The third kappa shape index (κ3) is 3.85. The lowest BCUT2D eigenvalue weighted by molar-refractivity contribution is 0.0717. The highest BCUT2D eigenvalue weighted by molar-refractivity contribution is 5.91. The van der Waals surface area contributed by atoms with Crippen LogP contribution >= 0.6 is 0 Å². The van der Waals surface area contributed by atoms with Crippen LogP contribution in [0.25, 0.3) is 0 Å². The molecule has 1 aromatic heterocycles. The molecule has 1 aliphatic carbocycles. The zero-order chi connectivity index (χ0) is 19.8. The largest absolute Gasteiger partial charge is 0.355 e. The monoisotopic (exact) mass is 383 g/mol. The van der Waals surface area contributed by atoms with Crippen molar-refractivity contribution < 1.29 is 9.18 Å². The van der Waals surface area contributed by atoms with Gasteiger partial charge in [-0.25, -0.2) is 14.4 Å². The van der Waals surface area contributed by atoms with Gasteiger partial charge in [-0.05, 0) is 50.8 Å². The smallest absolute Gasteiger partial charge is 0.292 e. The van der Waals surface area contributed by atoms with Crippen molar-refractivity contribution in [1.29, 1.82) is 0 Å². The third-order valence-corrected chi connectivity index (χ3v) is 5.59. The Hall–Kier alpha value is -2.54. The number of halogens is 1. The molecule has 2 N–H and O–H groups in total. The number of anilines is 1. The van der Waals surface area contributed by atoms with E-state index in [2.05, 4.69) is 14.9 Å². The average Bonchev–Trinajstić information content (AvgIpc) is 3.43. The van der Waals surface area contributed by atoms with Gasteiger partial charge in [0.2, 0.25) is 5.82 Å². The summed E-state index contributed by atoms with van der Waals surface area (Å²) in [6, 6.07) is 6.62. The van der Waals surface area contributed by atoms with E-state index in [1.54, 1.807) is 12.1 Å². The van der Waals surface area contributed by atoms with Crippen molar-refractivity contribution in [2.75, 3.05) is 18.0 Å². The number of nitrogens with two attached hydrogens (primary N) is 1. The second-order valence-corrected chi connectivity index (χ2v) is 7.87. The SMILES string of the molecule is Cc1nc(C(=O)N(Cc2ccc(F)cc2)C2CC2)nc(N2CC[C@@H](N)C2)c1C. The molecule has 1 aromatic carbocycles. The van der Waals surface area contributed by atoms with Crippen molar-refractivity contribution >= 4 is 11.7 Å². The Balaban J connectivity index is 1.61. The van der Waals surface area contributed by atoms with Crippen LogP contribution in [0.4, 0.5) is 10.2 Å². The lowest BCUT2D eigenvalue weighted by atomic mass is 10.2. The Bertz CT molecular complexity index is 881. The van der Waals surface area contributed by atoms with Gasteiger partial charge in [0, 0.05) is 43.0 Å². The molecule has 1 atom stereocenters. The fourth-order valence-electron chi connectivity index (χ4n) is 3.66. The molecule has 7 heteroatoms. The van der Waals surface area contributed by atoms with Crippen LogP contribution in [0, 0.1) is 19.7 Å². The Morgan fingerprint density at radius 1 is 1.21 bits per heavy atom. The molecule has 28 heavy (non-hydrogen) atoms. The first-order valence-corrected chi connectivity index (χ1v) is 9.83. The number of carbonyl (C=O) groups excluding carboxylic acids is 1. The summed E-state index contributed by atoms with van der Waals surface area (Å²) < 4.78 is 13.2. The second kappa shape index (κ2) is 7.47. The molecule has 1 aliphatic heterocycles. The fraction of sp³-hybridized carbons (Fsp3) is 0.476. The standard InChI is InChI=1S/C21H26FN5O/c1-13-14(2)24-19(25-20(13)26-10-9-17(23)12-26)21(28)27(18-7-8-18)11-15-3-5-16(22)6-4-15/h3-6,17-18H,7-12,23H2,1-2H3/t17-/m1/s1. The number of hydrogen-bond acceptors (Lipinski definition) is 5. The normalized spacial score (nSPS) is 19.1. The topological polar surface area (TPSA) is 75.4 Å². The number of rotatable bonds is 5. The molecule has 1 saturated heterocycles. The first-order valence-electron chi connectivity index (χ1n) is 9.83. The second-order valence-electron chi connectivity index (χ2n) is 7.87. The summed E-state index contributed by atoms with van der Waals surface area (Å²) in [6.07, 6.45) is 2.88. The zero-order valence-electron chi connectivity index (χ0n) is 16.4. The molecule has 0 radical (unpaired) electrons. The van der Waals surface area contributed by atoms with Gasteiger partial charge in [-0.15, -0.1) is 0 Å². The summed E-state index contributed by atoms with van der Waals surface area (Å²) in [4.78, 5) is 26.4. The quantitative estimate of drug-likeness (QED) is 0.859. The minimum atomic E-state index is -0.279. The number of benzene rings is 1. The minimum Gasteiger partial charge on any atom is -0.355 e. The van der Waals surface area contributed by atoms with Gasteiger partial charge in [0.15, 0.2) is 0 Å². The average molecular weight is 383 g/mol. The van der Waals surface area contributed by atoms with Crippen LogP contribution < -0.4 is 10.6 Å². The number of aryl methyl sites for hydroxylation is 1. The van der Waals surface area contributed by atoms with Gasteiger partial charge in [-0.1, -0.05) is 12.1 Å². The number of amides is 1. The van der Waals surface area contributed by atoms with Crippen molar-refractivity contribution in [1.82, 2.24) is 14.9 Å². The lowest BCUT2D eigenvalue weighted by Crippen LogP contribution is -2.35. The van der Waals surface area contributed by atoms with Crippen LogP contribution in [0.2, 0.25) is 0 Å². The number of nitrogens with zero attached hydrogens (tertiary/aromatic N) is 4. The molecule has 1 saturated carbocycles. The molecule has 0 spiro atoms. The molecule has 2 aliphatic rings. The predicted octanol–water partition coefficient (Wildman–Crippen LogP) is 2.57. The van der Waals surface area contributed by atoms with Crippen LogP contribution in [0.15, 0.2) is 24.3 Å². The van der Waals surface area contributed by atoms with Gasteiger partial charge < -0.3 is 15.5 Å². The molecule has 0 bridgehead atoms. The number of hydrogen-bond donors (Lipinski definition) is 1. The minimum absolute atomic E-state index is 0.135. The van der Waals surface area contributed by atoms with Crippen molar-refractivity contribution in [3.63, 3.8) is 0 Å². The maximum absolute atomic E-state index is 13.3. The molecule has 1 amide bonds. The van der Waals surface area contributed by atoms with Crippen LogP contribution in [0.1, 0.15) is 46.7 Å². The van der Waals surface area contributed by atoms with E-state index in [0.29, 0.717) is 6.54 Å². The lowest BCUT2D eigenvalue weighted by Gasteiger charge is -2.24. The molecule has 148 valence electrons. The van der Waals surface area contributed by atoms with Crippen molar-refractivity contribution in [3.8, 4) is 0 Å². The van der Waals surface area contributed by atoms with E-state index in [4.69, 9.17) is 5.73 Å². The Morgan fingerprint density at radius 3 is 2.54 bits per heavy atom. The van der Waals surface area contributed by atoms with E-state index in [1.807, 2.05) is 18.7 Å². The van der Waals surface area contributed by atoms with Crippen molar-refractivity contribution in [2.45, 2.75) is 51.7 Å². The maximum Gasteiger partial charge on any atom is 0.292 e. The number of carbonyl (C=O) groups is 1. The predicted molar refractivity (Wildman–Crippen MR) is 106 cm³/mol.